The van der Waals surface area contributed by atoms with Crippen LogP contribution in [0.4, 0.5) is 0 Å². The van der Waals surface area contributed by atoms with E-state index in [1.807, 2.05) is 0 Å². The zero-order valence-corrected chi connectivity index (χ0v) is 27.7. The Kier molecular flexibility index (Phi) is 6.81. The molecule has 3 heteroatoms. The molecule has 0 aliphatic rings. The van der Waals surface area contributed by atoms with Crippen molar-refractivity contribution in [2.24, 2.45) is 0 Å². The van der Waals surface area contributed by atoms with Crippen molar-refractivity contribution in [1.82, 2.24) is 14.5 Å². The first-order valence-electron chi connectivity index (χ1n) is 17.3. The van der Waals surface area contributed by atoms with Gasteiger partial charge in [0, 0.05) is 33.2 Å². The lowest BCUT2D eigenvalue weighted by atomic mass is 10.0. The van der Waals surface area contributed by atoms with Crippen molar-refractivity contribution in [2.75, 3.05) is 0 Å². The number of fused-ring (bicyclic) bond motifs is 5. The van der Waals surface area contributed by atoms with E-state index >= 15 is 0 Å². The molecule has 51 heavy (non-hydrogen) atoms. The van der Waals surface area contributed by atoms with Gasteiger partial charge in [-0.25, -0.2) is 9.97 Å². The largest absolute Gasteiger partial charge is 0.309 e. The summed E-state index contributed by atoms with van der Waals surface area (Å²) >= 11 is 0. The van der Waals surface area contributed by atoms with Crippen LogP contribution in [0.25, 0.3) is 94.1 Å². The average Bonchev–Trinajstić information content (AvgIpc) is 3.55. The summed E-state index contributed by atoms with van der Waals surface area (Å²) in [5.74, 6) is 0.714. The highest BCUT2D eigenvalue weighted by molar-refractivity contribution is 6.09. The van der Waals surface area contributed by atoms with Crippen LogP contribution < -0.4 is 0 Å². The topological polar surface area (TPSA) is 30.7 Å². The molecule has 8 aromatic carbocycles. The molecule has 0 aliphatic carbocycles. The molecule has 0 fully saturated rings. The number of aromatic nitrogens is 3. The molecule has 238 valence electrons. The summed E-state index contributed by atoms with van der Waals surface area (Å²) in [4.78, 5) is 10.3. The van der Waals surface area contributed by atoms with Gasteiger partial charge in [0.1, 0.15) is 0 Å². The zero-order chi connectivity index (χ0) is 33.7. The first-order valence-corrected chi connectivity index (χ1v) is 17.3. The average molecular weight is 650 g/mol. The standard InChI is InChI=1S/C48H31N3/c1-3-11-37-29-39(23-19-32(37)9-1)45-31-44(49-48(50-45)40-24-20-33-10-2-4-12-38(33)30-40)36-21-17-34(18-22-36)35-25-27-41(28-26-35)51-46-15-7-5-13-42(46)43-14-6-8-16-47(43)51/h1-31H. The molecular formula is C48H31N3. The predicted molar refractivity (Wildman–Crippen MR) is 213 cm³/mol. The van der Waals surface area contributed by atoms with Gasteiger partial charge in [0.2, 0.25) is 0 Å². The summed E-state index contributed by atoms with van der Waals surface area (Å²) < 4.78 is 2.35. The van der Waals surface area contributed by atoms with Crippen LogP contribution >= 0.6 is 0 Å². The Morgan fingerprint density at radius 1 is 0.314 bits per heavy atom. The minimum Gasteiger partial charge on any atom is -0.309 e. The van der Waals surface area contributed by atoms with Gasteiger partial charge < -0.3 is 4.57 Å². The SMILES string of the molecule is c1ccc2cc(-c3cc(-c4ccc(-c5ccc(-n6c7ccccc7c7ccccc76)cc5)cc4)nc(-c4ccc5ccccc5c4)n3)ccc2c1. The molecule has 0 bridgehead atoms. The van der Waals surface area contributed by atoms with Crippen molar-refractivity contribution >= 4 is 43.4 Å². The van der Waals surface area contributed by atoms with Crippen LogP contribution in [0, 0.1) is 0 Å². The molecular weight excluding hydrogens is 619 g/mol. The van der Waals surface area contributed by atoms with E-state index in [-0.39, 0.29) is 0 Å². The van der Waals surface area contributed by atoms with Crippen molar-refractivity contribution in [1.29, 1.82) is 0 Å². The summed E-state index contributed by atoms with van der Waals surface area (Å²) in [6.45, 7) is 0. The number of nitrogens with zero attached hydrogens (tertiary/aromatic N) is 3. The summed E-state index contributed by atoms with van der Waals surface area (Å²) in [7, 11) is 0. The Morgan fingerprint density at radius 2 is 0.745 bits per heavy atom. The maximum atomic E-state index is 5.15. The summed E-state index contributed by atoms with van der Waals surface area (Å²) in [6.07, 6.45) is 0. The maximum absolute atomic E-state index is 5.15. The van der Waals surface area contributed by atoms with E-state index in [2.05, 4.69) is 193 Å². The number of para-hydroxylation sites is 2. The molecule has 0 spiro atoms. The van der Waals surface area contributed by atoms with E-state index in [0.717, 1.165) is 39.3 Å². The zero-order valence-electron chi connectivity index (χ0n) is 27.7. The van der Waals surface area contributed by atoms with Gasteiger partial charge in [-0.05, 0) is 75.1 Å². The molecule has 0 N–H and O–H groups in total. The second-order valence-corrected chi connectivity index (χ2v) is 13.1. The van der Waals surface area contributed by atoms with Crippen molar-refractivity contribution in [2.45, 2.75) is 0 Å². The number of hydrogen-bond acceptors (Lipinski definition) is 2. The molecule has 0 atom stereocenters. The van der Waals surface area contributed by atoms with Crippen molar-refractivity contribution in [3.05, 3.63) is 188 Å². The third-order valence-electron chi connectivity index (χ3n) is 10.00. The van der Waals surface area contributed by atoms with Gasteiger partial charge in [0.05, 0.1) is 22.4 Å². The minimum absolute atomic E-state index is 0.714. The highest BCUT2D eigenvalue weighted by Gasteiger charge is 2.14. The van der Waals surface area contributed by atoms with Crippen LogP contribution in [0.5, 0.6) is 0 Å². The highest BCUT2D eigenvalue weighted by Crippen LogP contribution is 2.34. The van der Waals surface area contributed by atoms with Crippen LogP contribution in [0.2, 0.25) is 0 Å². The van der Waals surface area contributed by atoms with Crippen LogP contribution in [0.3, 0.4) is 0 Å². The van der Waals surface area contributed by atoms with E-state index < -0.39 is 0 Å². The van der Waals surface area contributed by atoms with Crippen molar-refractivity contribution in [3.8, 4) is 50.7 Å². The third-order valence-corrected chi connectivity index (χ3v) is 10.00. The number of hydrogen-bond donors (Lipinski definition) is 0. The van der Waals surface area contributed by atoms with E-state index in [9.17, 15) is 0 Å². The normalized spacial score (nSPS) is 11.5. The van der Waals surface area contributed by atoms with Crippen LogP contribution in [0.15, 0.2) is 188 Å². The van der Waals surface area contributed by atoms with Gasteiger partial charge in [0.25, 0.3) is 0 Å². The van der Waals surface area contributed by atoms with Gasteiger partial charge in [-0.3, -0.25) is 0 Å². The quantitative estimate of drug-likeness (QED) is 0.186. The van der Waals surface area contributed by atoms with Gasteiger partial charge in [-0.15, -0.1) is 0 Å². The van der Waals surface area contributed by atoms with E-state index in [4.69, 9.17) is 9.97 Å². The van der Waals surface area contributed by atoms with Crippen LogP contribution in [-0.4, -0.2) is 14.5 Å². The van der Waals surface area contributed by atoms with Gasteiger partial charge in [-0.1, -0.05) is 146 Å². The molecule has 10 rings (SSSR count). The van der Waals surface area contributed by atoms with Crippen molar-refractivity contribution in [3.63, 3.8) is 0 Å². The highest BCUT2D eigenvalue weighted by atomic mass is 15.0. The molecule has 0 amide bonds. The molecule has 0 unspecified atom stereocenters. The maximum Gasteiger partial charge on any atom is 0.160 e. The lowest BCUT2D eigenvalue weighted by Gasteiger charge is -2.12. The lowest BCUT2D eigenvalue weighted by molar-refractivity contribution is 1.18. The molecule has 2 aromatic heterocycles. The second-order valence-electron chi connectivity index (χ2n) is 13.1. The minimum atomic E-state index is 0.714. The molecule has 0 aliphatic heterocycles. The second kappa shape index (κ2) is 11.9. The summed E-state index contributed by atoms with van der Waals surface area (Å²) in [5, 5.41) is 7.31. The molecule has 0 saturated carbocycles. The first-order chi connectivity index (χ1) is 25.2. The first kappa shape index (κ1) is 29.1. The lowest BCUT2D eigenvalue weighted by Crippen LogP contribution is -1.96. The Morgan fingerprint density at radius 3 is 1.35 bits per heavy atom. The van der Waals surface area contributed by atoms with Crippen LogP contribution in [0.1, 0.15) is 0 Å². The third kappa shape index (κ3) is 5.15. The van der Waals surface area contributed by atoms with Gasteiger partial charge >= 0.3 is 0 Å². The Labute approximate surface area is 295 Å². The number of rotatable bonds is 5. The molecule has 0 radical (unpaired) electrons. The van der Waals surface area contributed by atoms with Gasteiger partial charge in [-0.2, -0.15) is 0 Å². The fraction of sp³-hybridized carbons (Fsp3) is 0. The molecule has 3 nitrogen and oxygen atoms in total. The molecule has 2 heterocycles. The summed E-state index contributed by atoms with van der Waals surface area (Å²) in [6, 6.07) is 66.9. The Bertz CT molecular complexity index is 2750. The van der Waals surface area contributed by atoms with Crippen LogP contribution in [-0.2, 0) is 0 Å². The molecule has 0 saturated heterocycles. The predicted octanol–water partition coefficient (Wildman–Crippen LogP) is 12.5. The Balaban J connectivity index is 1.03. The van der Waals surface area contributed by atoms with Crippen molar-refractivity contribution < 1.29 is 0 Å². The number of benzene rings is 8. The van der Waals surface area contributed by atoms with E-state index in [1.165, 1.54) is 48.9 Å². The fourth-order valence-electron chi connectivity index (χ4n) is 7.39. The fourth-order valence-corrected chi connectivity index (χ4v) is 7.39. The molecule has 10 aromatic rings. The van der Waals surface area contributed by atoms with Gasteiger partial charge in [0.15, 0.2) is 5.82 Å². The summed E-state index contributed by atoms with van der Waals surface area (Å²) in [5.41, 5.74) is 10.8. The smallest absolute Gasteiger partial charge is 0.160 e. The van der Waals surface area contributed by atoms with E-state index in [1.54, 1.807) is 0 Å². The van der Waals surface area contributed by atoms with E-state index in [0.29, 0.717) is 5.82 Å². The monoisotopic (exact) mass is 649 g/mol. The Hall–Kier alpha value is -6.84.